The Labute approximate surface area is 129 Å². The number of hydrogen-bond acceptors (Lipinski definition) is 2. The predicted octanol–water partition coefficient (Wildman–Crippen LogP) is 3.74. The first-order valence-electron chi connectivity index (χ1n) is 6.71. The van der Waals surface area contributed by atoms with Gasteiger partial charge in [0.25, 0.3) is 6.43 Å². The van der Waals surface area contributed by atoms with E-state index >= 15 is 0 Å². The van der Waals surface area contributed by atoms with Gasteiger partial charge in [0.1, 0.15) is 5.78 Å². The van der Waals surface area contributed by atoms with Crippen molar-refractivity contribution in [2.45, 2.75) is 44.6 Å². The van der Waals surface area contributed by atoms with Crippen molar-refractivity contribution in [1.29, 1.82) is 0 Å². The Morgan fingerprint density at radius 1 is 1.29 bits per heavy atom. The maximum Gasteiger partial charge on any atom is 0.264 e. The molecule has 1 aromatic rings. The van der Waals surface area contributed by atoms with Crippen LogP contribution in [0.1, 0.15) is 44.2 Å². The summed E-state index contributed by atoms with van der Waals surface area (Å²) in [5.74, 6) is -0.113. The number of benzene rings is 1. The fourth-order valence-electron chi connectivity index (χ4n) is 3.18. The number of fused-ring (bicyclic) bond motifs is 1. The summed E-state index contributed by atoms with van der Waals surface area (Å²) >= 11 is 3.23. The third-order valence-electron chi connectivity index (χ3n) is 4.28. The van der Waals surface area contributed by atoms with Crippen molar-refractivity contribution in [3.8, 4) is 0 Å². The van der Waals surface area contributed by atoms with E-state index in [0.717, 1.165) is 0 Å². The van der Waals surface area contributed by atoms with Crippen LogP contribution in [0, 0.1) is 0 Å². The minimum Gasteiger partial charge on any atom is -0.307 e. The van der Waals surface area contributed by atoms with E-state index in [1.807, 2.05) is 0 Å². The van der Waals surface area contributed by atoms with Gasteiger partial charge < -0.3 is 4.90 Å². The molecule has 0 bridgehead atoms. The number of anilines is 1. The Bertz CT molecular complexity index is 649. The molecule has 0 atom stereocenters. The van der Waals surface area contributed by atoms with Gasteiger partial charge in [-0.15, -0.1) is 0 Å². The van der Waals surface area contributed by atoms with Gasteiger partial charge in [0.05, 0.1) is 11.5 Å². The van der Waals surface area contributed by atoms with E-state index in [9.17, 15) is 18.4 Å². The highest BCUT2D eigenvalue weighted by molar-refractivity contribution is 9.10. The Kier molecular flexibility index (Phi) is 3.20. The van der Waals surface area contributed by atoms with Crippen LogP contribution in [0.15, 0.2) is 16.6 Å². The molecule has 0 spiro atoms. The van der Waals surface area contributed by atoms with Gasteiger partial charge in [-0.2, -0.15) is 0 Å². The largest absolute Gasteiger partial charge is 0.307 e. The summed E-state index contributed by atoms with van der Waals surface area (Å²) in [4.78, 5) is 25.4. The van der Waals surface area contributed by atoms with Crippen LogP contribution in [0.25, 0.3) is 0 Å². The van der Waals surface area contributed by atoms with Crippen LogP contribution in [-0.4, -0.2) is 17.7 Å². The van der Waals surface area contributed by atoms with Gasteiger partial charge in [0.15, 0.2) is 0 Å². The zero-order valence-corrected chi connectivity index (χ0v) is 13.2. The fourth-order valence-corrected chi connectivity index (χ4v) is 3.65. The van der Waals surface area contributed by atoms with E-state index in [1.54, 1.807) is 19.9 Å². The van der Waals surface area contributed by atoms with Crippen molar-refractivity contribution in [2.24, 2.45) is 0 Å². The van der Waals surface area contributed by atoms with Crippen LogP contribution in [0.3, 0.4) is 0 Å². The number of carbonyl (C=O) groups excluding carboxylic acids is 2. The van der Waals surface area contributed by atoms with Gasteiger partial charge in [-0.1, -0.05) is 15.9 Å². The van der Waals surface area contributed by atoms with E-state index < -0.39 is 11.8 Å². The van der Waals surface area contributed by atoms with Crippen molar-refractivity contribution in [3.05, 3.63) is 27.7 Å². The number of ketones is 1. The molecular formula is C15H14BrF2NO2. The molecule has 21 heavy (non-hydrogen) atoms. The molecule has 6 heteroatoms. The second-order valence-electron chi connectivity index (χ2n) is 6.09. The summed E-state index contributed by atoms with van der Waals surface area (Å²) < 4.78 is 27.2. The maximum atomic E-state index is 13.4. The quantitative estimate of drug-likeness (QED) is 0.808. The molecule has 1 aliphatic heterocycles. The smallest absolute Gasteiger partial charge is 0.264 e. The molecule has 3 rings (SSSR count). The van der Waals surface area contributed by atoms with E-state index in [1.165, 1.54) is 11.0 Å². The normalized spacial score (nSPS) is 21.0. The Morgan fingerprint density at radius 2 is 1.90 bits per heavy atom. The number of Topliss-reactive ketones (excluding diaryl/α,β-unsaturated/α-hetero) is 1. The van der Waals surface area contributed by atoms with Crippen LogP contribution in [-0.2, 0) is 15.0 Å². The first-order chi connectivity index (χ1) is 9.73. The van der Waals surface area contributed by atoms with Crippen LogP contribution < -0.4 is 4.90 Å². The molecule has 2 aliphatic rings. The molecule has 1 amide bonds. The van der Waals surface area contributed by atoms with Crippen molar-refractivity contribution in [2.75, 3.05) is 4.90 Å². The Balaban J connectivity index is 2.19. The van der Waals surface area contributed by atoms with E-state index in [0.29, 0.717) is 28.6 Å². The molecule has 1 saturated carbocycles. The third kappa shape index (κ3) is 2.03. The SMILES string of the molecule is CC1(C)C(=O)N(C2CC(=O)C2)c2cc(Br)cc(C(F)F)c21. The molecule has 0 N–H and O–H groups in total. The van der Waals surface area contributed by atoms with Crippen LogP contribution in [0.2, 0.25) is 0 Å². The molecule has 1 fully saturated rings. The lowest BCUT2D eigenvalue weighted by atomic mass is 9.83. The topological polar surface area (TPSA) is 37.4 Å². The first kappa shape index (κ1) is 14.6. The van der Waals surface area contributed by atoms with Gasteiger partial charge in [-0.05, 0) is 31.5 Å². The van der Waals surface area contributed by atoms with Gasteiger partial charge in [-0.25, -0.2) is 8.78 Å². The summed E-state index contributed by atoms with van der Waals surface area (Å²) in [6.45, 7) is 3.32. The lowest BCUT2D eigenvalue weighted by Gasteiger charge is -2.34. The number of carbonyl (C=O) groups is 2. The van der Waals surface area contributed by atoms with Gasteiger partial charge in [0.2, 0.25) is 5.91 Å². The molecule has 0 radical (unpaired) electrons. The number of alkyl halides is 2. The number of rotatable bonds is 2. The van der Waals surface area contributed by atoms with E-state index in [2.05, 4.69) is 15.9 Å². The molecule has 0 saturated heterocycles. The van der Waals surface area contributed by atoms with Crippen molar-refractivity contribution in [1.82, 2.24) is 0 Å². The van der Waals surface area contributed by atoms with Crippen molar-refractivity contribution >= 4 is 33.3 Å². The van der Waals surface area contributed by atoms with Crippen LogP contribution in [0.4, 0.5) is 14.5 Å². The molecule has 0 unspecified atom stereocenters. The third-order valence-corrected chi connectivity index (χ3v) is 4.74. The first-order valence-corrected chi connectivity index (χ1v) is 7.50. The predicted molar refractivity (Wildman–Crippen MR) is 77.6 cm³/mol. The monoisotopic (exact) mass is 357 g/mol. The van der Waals surface area contributed by atoms with Crippen molar-refractivity contribution in [3.63, 3.8) is 0 Å². The highest BCUT2D eigenvalue weighted by Crippen LogP contribution is 2.49. The summed E-state index contributed by atoms with van der Waals surface area (Å²) in [6, 6.07) is 2.86. The summed E-state index contributed by atoms with van der Waals surface area (Å²) in [5, 5.41) is 0. The zero-order chi connectivity index (χ0) is 15.5. The van der Waals surface area contributed by atoms with Gasteiger partial charge in [-0.3, -0.25) is 9.59 Å². The van der Waals surface area contributed by atoms with Gasteiger partial charge >= 0.3 is 0 Å². The number of amides is 1. The molecule has 112 valence electrons. The average Bonchev–Trinajstić information content (AvgIpc) is 2.53. The zero-order valence-electron chi connectivity index (χ0n) is 11.6. The van der Waals surface area contributed by atoms with E-state index in [-0.39, 0.29) is 23.3 Å². The Hall–Kier alpha value is -1.30. The highest BCUT2D eigenvalue weighted by atomic mass is 79.9. The number of halogens is 3. The fraction of sp³-hybridized carbons (Fsp3) is 0.467. The number of nitrogens with zero attached hydrogens (tertiary/aromatic N) is 1. The highest BCUT2D eigenvalue weighted by Gasteiger charge is 2.50. The summed E-state index contributed by atoms with van der Waals surface area (Å²) in [5.41, 5.74) is -0.233. The second-order valence-corrected chi connectivity index (χ2v) is 7.01. The molecule has 3 nitrogen and oxygen atoms in total. The molecule has 1 aromatic carbocycles. The molecule has 1 heterocycles. The van der Waals surface area contributed by atoms with Crippen LogP contribution >= 0.6 is 15.9 Å². The molecule has 1 aliphatic carbocycles. The summed E-state index contributed by atoms with van der Waals surface area (Å²) in [6.07, 6.45) is -2.04. The lowest BCUT2D eigenvalue weighted by molar-refractivity contribution is -0.127. The maximum absolute atomic E-state index is 13.4. The van der Waals surface area contributed by atoms with E-state index in [4.69, 9.17) is 0 Å². The average molecular weight is 358 g/mol. The Morgan fingerprint density at radius 3 is 2.43 bits per heavy atom. The second kappa shape index (κ2) is 4.60. The standard InChI is InChI=1S/C15H14BrF2NO2/c1-15(2)12-10(13(17)18)3-7(16)4-11(12)19(14(15)21)8-5-9(20)6-8/h3-4,8,13H,5-6H2,1-2H3. The minimum atomic E-state index is -2.65. The summed E-state index contributed by atoms with van der Waals surface area (Å²) in [7, 11) is 0. The number of hydrogen-bond donors (Lipinski definition) is 0. The van der Waals surface area contributed by atoms with Crippen LogP contribution in [0.5, 0.6) is 0 Å². The molecule has 0 aromatic heterocycles. The van der Waals surface area contributed by atoms with Gasteiger partial charge in [0, 0.05) is 28.6 Å². The lowest BCUT2D eigenvalue weighted by Crippen LogP contribution is -2.49. The minimum absolute atomic E-state index is 0.100. The van der Waals surface area contributed by atoms with Crippen molar-refractivity contribution < 1.29 is 18.4 Å². The molecular weight excluding hydrogens is 344 g/mol.